The maximum absolute atomic E-state index is 13.0. The molecule has 0 bridgehead atoms. The third-order valence-corrected chi connectivity index (χ3v) is 7.19. The van der Waals surface area contributed by atoms with Crippen LogP contribution in [0.25, 0.3) is 10.9 Å². The minimum absolute atomic E-state index is 0.0451. The lowest BCUT2D eigenvalue weighted by Crippen LogP contribution is -2.44. The molecule has 1 aromatic carbocycles. The Morgan fingerprint density at radius 2 is 2.09 bits per heavy atom. The standard InChI is InChI=1S/C25H36N4O3S/c1-18-6-7-20-15-21(24(30)27-23(20)19(18)2)17-29(9-4-8-28-10-13-31-14-11-28)25(33)26-16-22-5-3-12-32-22/h6-7,15,22H,3-5,8-14,16-17H2,1-2H3,(H,26,33)(H,27,30)/t22-/m1/s1. The number of hydrogen-bond donors (Lipinski definition) is 2. The molecule has 2 aliphatic heterocycles. The quantitative estimate of drug-likeness (QED) is 0.573. The van der Waals surface area contributed by atoms with Gasteiger partial charge in [-0.25, -0.2) is 0 Å². The zero-order chi connectivity index (χ0) is 23.2. The van der Waals surface area contributed by atoms with Gasteiger partial charge < -0.3 is 24.7 Å². The summed E-state index contributed by atoms with van der Waals surface area (Å²) in [5, 5.41) is 5.14. The highest BCUT2D eigenvalue weighted by Crippen LogP contribution is 2.19. The van der Waals surface area contributed by atoms with Crippen molar-refractivity contribution < 1.29 is 9.47 Å². The van der Waals surface area contributed by atoms with Crippen molar-refractivity contribution in [1.82, 2.24) is 20.1 Å². The van der Waals surface area contributed by atoms with Gasteiger partial charge in [0.2, 0.25) is 0 Å². The lowest BCUT2D eigenvalue weighted by molar-refractivity contribution is 0.0367. The molecule has 0 spiro atoms. The van der Waals surface area contributed by atoms with Gasteiger partial charge in [0.1, 0.15) is 0 Å². The number of H-pyrrole nitrogens is 1. The first kappa shape index (κ1) is 24.1. The molecule has 0 aliphatic carbocycles. The Labute approximate surface area is 201 Å². The van der Waals surface area contributed by atoms with E-state index in [1.165, 1.54) is 5.56 Å². The first-order valence-corrected chi connectivity index (χ1v) is 12.5. The Kier molecular flexibility index (Phi) is 8.35. The monoisotopic (exact) mass is 472 g/mol. The van der Waals surface area contributed by atoms with E-state index in [4.69, 9.17) is 21.7 Å². The Bertz CT molecular complexity index is 1010. The molecule has 2 aliphatic rings. The lowest BCUT2D eigenvalue weighted by atomic mass is 10.0. The minimum atomic E-state index is -0.0451. The van der Waals surface area contributed by atoms with Crippen LogP contribution in [0.15, 0.2) is 23.0 Å². The fourth-order valence-corrected chi connectivity index (χ4v) is 4.81. The van der Waals surface area contributed by atoms with Crippen LogP contribution in [-0.2, 0) is 16.0 Å². The molecule has 4 rings (SSSR count). The number of benzene rings is 1. The van der Waals surface area contributed by atoms with Gasteiger partial charge in [0.25, 0.3) is 5.56 Å². The third-order valence-electron chi connectivity index (χ3n) is 6.79. The van der Waals surface area contributed by atoms with Crippen LogP contribution in [0.2, 0.25) is 0 Å². The van der Waals surface area contributed by atoms with E-state index in [9.17, 15) is 4.79 Å². The highest BCUT2D eigenvalue weighted by Gasteiger charge is 2.19. The molecule has 180 valence electrons. The van der Waals surface area contributed by atoms with E-state index < -0.39 is 0 Å². The highest BCUT2D eigenvalue weighted by molar-refractivity contribution is 7.80. The zero-order valence-electron chi connectivity index (χ0n) is 19.8. The number of ether oxygens (including phenoxy) is 2. The van der Waals surface area contributed by atoms with Crippen molar-refractivity contribution in [2.24, 2.45) is 0 Å². The van der Waals surface area contributed by atoms with Crippen LogP contribution in [0.3, 0.4) is 0 Å². The van der Waals surface area contributed by atoms with E-state index in [-0.39, 0.29) is 11.7 Å². The van der Waals surface area contributed by atoms with Gasteiger partial charge in [0.15, 0.2) is 5.11 Å². The van der Waals surface area contributed by atoms with Gasteiger partial charge in [-0.05, 0) is 67.9 Å². The van der Waals surface area contributed by atoms with Gasteiger partial charge in [-0.3, -0.25) is 9.69 Å². The highest BCUT2D eigenvalue weighted by atomic mass is 32.1. The Morgan fingerprint density at radius 1 is 1.27 bits per heavy atom. The summed E-state index contributed by atoms with van der Waals surface area (Å²) in [5.41, 5.74) is 3.90. The number of hydrogen-bond acceptors (Lipinski definition) is 5. The van der Waals surface area contributed by atoms with Crippen LogP contribution in [0, 0.1) is 13.8 Å². The topological polar surface area (TPSA) is 69.8 Å². The third kappa shape index (κ3) is 6.32. The number of thiocarbonyl (C=S) groups is 1. The first-order valence-electron chi connectivity index (χ1n) is 12.1. The van der Waals surface area contributed by atoms with Gasteiger partial charge in [-0.15, -0.1) is 0 Å². The van der Waals surface area contributed by atoms with Gasteiger partial charge in [-0.2, -0.15) is 0 Å². The predicted octanol–water partition coefficient (Wildman–Crippen LogP) is 2.72. The molecular formula is C25H36N4O3S. The molecule has 2 aromatic rings. The van der Waals surface area contributed by atoms with Crippen molar-refractivity contribution in [2.75, 3.05) is 52.5 Å². The summed E-state index contributed by atoms with van der Waals surface area (Å²) >= 11 is 5.77. The van der Waals surface area contributed by atoms with Crippen LogP contribution in [0.5, 0.6) is 0 Å². The molecule has 8 heteroatoms. The average Bonchev–Trinajstić information content (AvgIpc) is 3.35. The van der Waals surface area contributed by atoms with Crippen molar-refractivity contribution in [3.8, 4) is 0 Å². The number of nitrogens with one attached hydrogen (secondary N) is 2. The number of pyridine rings is 1. The summed E-state index contributed by atoms with van der Waals surface area (Å²) in [6, 6.07) is 6.19. The molecule has 0 amide bonds. The predicted molar refractivity (Wildman–Crippen MR) is 136 cm³/mol. The summed E-state index contributed by atoms with van der Waals surface area (Å²) in [7, 11) is 0. The second kappa shape index (κ2) is 11.4. The zero-order valence-corrected chi connectivity index (χ0v) is 20.6. The number of morpholine rings is 1. The maximum Gasteiger partial charge on any atom is 0.253 e. The number of aryl methyl sites for hydroxylation is 2. The van der Waals surface area contributed by atoms with Crippen molar-refractivity contribution in [3.63, 3.8) is 0 Å². The van der Waals surface area contributed by atoms with Gasteiger partial charge >= 0.3 is 0 Å². The van der Waals surface area contributed by atoms with Crippen molar-refractivity contribution in [1.29, 1.82) is 0 Å². The molecule has 2 fully saturated rings. The second-order valence-corrected chi connectivity index (χ2v) is 9.53. The number of rotatable bonds is 8. The van der Waals surface area contributed by atoms with Gasteiger partial charge in [-0.1, -0.05) is 12.1 Å². The minimum Gasteiger partial charge on any atom is -0.379 e. The summed E-state index contributed by atoms with van der Waals surface area (Å²) in [6.07, 6.45) is 3.36. The molecule has 0 unspecified atom stereocenters. The average molecular weight is 473 g/mol. The molecule has 0 radical (unpaired) electrons. The molecule has 3 heterocycles. The lowest BCUT2D eigenvalue weighted by Gasteiger charge is -2.30. The normalized spacial score (nSPS) is 19.2. The Hall–Kier alpha value is -2.00. The molecule has 0 saturated carbocycles. The van der Waals surface area contributed by atoms with E-state index in [0.29, 0.717) is 18.2 Å². The largest absolute Gasteiger partial charge is 0.379 e. The number of aromatic nitrogens is 1. The van der Waals surface area contributed by atoms with Crippen LogP contribution >= 0.6 is 12.2 Å². The molecule has 2 saturated heterocycles. The summed E-state index contributed by atoms with van der Waals surface area (Å²) in [4.78, 5) is 20.6. The smallest absolute Gasteiger partial charge is 0.253 e. The molecule has 1 atom stereocenters. The van der Waals surface area contributed by atoms with Crippen molar-refractivity contribution >= 4 is 28.2 Å². The summed E-state index contributed by atoms with van der Waals surface area (Å²) in [6.45, 7) is 11.5. The van der Waals surface area contributed by atoms with E-state index in [1.807, 2.05) is 6.07 Å². The number of fused-ring (bicyclic) bond motifs is 1. The molecule has 33 heavy (non-hydrogen) atoms. The van der Waals surface area contributed by atoms with Crippen LogP contribution in [0.4, 0.5) is 0 Å². The van der Waals surface area contributed by atoms with E-state index in [1.54, 1.807) is 0 Å². The van der Waals surface area contributed by atoms with Crippen LogP contribution in [0.1, 0.15) is 36.0 Å². The summed E-state index contributed by atoms with van der Waals surface area (Å²) in [5.74, 6) is 0. The Morgan fingerprint density at radius 3 is 2.85 bits per heavy atom. The summed E-state index contributed by atoms with van der Waals surface area (Å²) < 4.78 is 11.2. The maximum atomic E-state index is 13.0. The SMILES string of the molecule is Cc1ccc2cc(CN(CCCN3CCOCC3)C(=S)NC[C@H]3CCCO3)c(=O)[nH]c2c1C. The number of nitrogens with zero attached hydrogens (tertiary/aromatic N) is 2. The second-order valence-electron chi connectivity index (χ2n) is 9.15. The van der Waals surface area contributed by atoms with E-state index >= 15 is 0 Å². The van der Waals surface area contributed by atoms with E-state index in [0.717, 1.165) is 87.3 Å². The number of aromatic amines is 1. The van der Waals surface area contributed by atoms with Crippen molar-refractivity contribution in [2.45, 2.75) is 45.8 Å². The fraction of sp³-hybridized carbons (Fsp3) is 0.600. The van der Waals surface area contributed by atoms with Gasteiger partial charge in [0, 0.05) is 44.9 Å². The fourth-order valence-electron chi connectivity index (χ4n) is 4.57. The van der Waals surface area contributed by atoms with Crippen molar-refractivity contribution in [3.05, 3.63) is 45.2 Å². The van der Waals surface area contributed by atoms with Gasteiger partial charge in [0.05, 0.1) is 31.4 Å². The molecular weight excluding hydrogens is 436 g/mol. The van der Waals surface area contributed by atoms with Crippen LogP contribution in [-0.4, -0.2) is 78.5 Å². The Balaban J connectivity index is 1.46. The molecule has 7 nitrogen and oxygen atoms in total. The van der Waals surface area contributed by atoms with E-state index in [2.05, 4.69) is 46.1 Å². The van der Waals surface area contributed by atoms with Crippen LogP contribution < -0.4 is 10.9 Å². The molecule has 1 aromatic heterocycles. The first-order chi connectivity index (χ1) is 16.0. The molecule has 2 N–H and O–H groups in total.